The molecule has 0 radical (unpaired) electrons. The van der Waals surface area contributed by atoms with E-state index < -0.39 is 0 Å². The van der Waals surface area contributed by atoms with Crippen molar-refractivity contribution in [2.75, 3.05) is 6.61 Å². The second-order valence-electron chi connectivity index (χ2n) is 7.39. The van der Waals surface area contributed by atoms with Gasteiger partial charge in [-0.05, 0) is 75.9 Å². The Morgan fingerprint density at radius 3 is 2.56 bits per heavy atom. The Balaban J connectivity index is 1.31. The van der Waals surface area contributed by atoms with Crippen LogP contribution >= 0.6 is 34.0 Å². The molecule has 138 valence electrons. The van der Waals surface area contributed by atoms with Crippen LogP contribution in [-0.4, -0.2) is 12.6 Å². The van der Waals surface area contributed by atoms with Crippen molar-refractivity contribution >= 4 is 40.0 Å². The van der Waals surface area contributed by atoms with E-state index in [1.165, 1.54) is 33.7 Å². The van der Waals surface area contributed by atoms with Crippen molar-refractivity contribution in [1.82, 2.24) is 0 Å². The fourth-order valence-electron chi connectivity index (χ4n) is 4.24. The SMILES string of the molecule is O=C(Cc1cc(-c2ccsc2)sc1-c1ccsc1)OCC1CC2C=CC1C2. The minimum absolute atomic E-state index is 0.104. The van der Waals surface area contributed by atoms with Crippen LogP contribution in [0, 0.1) is 17.8 Å². The summed E-state index contributed by atoms with van der Waals surface area (Å²) in [6, 6.07) is 6.43. The molecular formula is C22H20O2S3. The van der Waals surface area contributed by atoms with Gasteiger partial charge in [0, 0.05) is 20.9 Å². The van der Waals surface area contributed by atoms with Crippen molar-refractivity contribution in [2.24, 2.45) is 17.8 Å². The Morgan fingerprint density at radius 1 is 1.07 bits per heavy atom. The van der Waals surface area contributed by atoms with Crippen LogP contribution in [0.15, 0.2) is 51.9 Å². The molecule has 3 atom stereocenters. The number of carbonyl (C=O) groups is 1. The van der Waals surface area contributed by atoms with Gasteiger partial charge < -0.3 is 4.74 Å². The van der Waals surface area contributed by atoms with Gasteiger partial charge in [0.2, 0.25) is 0 Å². The molecule has 2 bridgehead atoms. The number of esters is 1. The van der Waals surface area contributed by atoms with Crippen molar-refractivity contribution in [3.8, 4) is 20.9 Å². The lowest BCUT2D eigenvalue weighted by Crippen LogP contribution is -2.18. The predicted molar refractivity (Wildman–Crippen MR) is 114 cm³/mol. The van der Waals surface area contributed by atoms with Crippen molar-refractivity contribution < 1.29 is 9.53 Å². The number of allylic oxidation sites excluding steroid dienone is 2. The normalized spacial score (nSPS) is 23.2. The Labute approximate surface area is 171 Å². The molecule has 3 aromatic rings. The number of fused-ring (bicyclic) bond motifs is 2. The molecule has 5 rings (SSSR count). The Kier molecular flexibility index (Phi) is 4.76. The molecule has 3 unspecified atom stereocenters. The molecule has 2 aliphatic rings. The highest BCUT2D eigenvalue weighted by molar-refractivity contribution is 7.19. The average molecular weight is 413 g/mol. The Bertz CT molecular complexity index is 950. The maximum Gasteiger partial charge on any atom is 0.310 e. The van der Waals surface area contributed by atoms with E-state index in [0.29, 0.717) is 30.8 Å². The minimum atomic E-state index is -0.104. The molecule has 0 spiro atoms. The lowest BCUT2D eigenvalue weighted by atomic mass is 9.95. The predicted octanol–water partition coefficient (Wildman–Crippen LogP) is 6.50. The van der Waals surface area contributed by atoms with Crippen LogP contribution in [0.2, 0.25) is 0 Å². The number of rotatable bonds is 6. The molecule has 2 nitrogen and oxygen atoms in total. The topological polar surface area (TPSA) is 26.3 Å². The maximum atomic E-state index is 12.6. The summed E-state index contributed by atoms with van der Waals surface area (Å²) in [4.78, 5) is 15.0. The largest absolute Gasteiger partial charge is 0.465 e. The zero-order valence-corrected chi connectivity index (χ0v) is 17.2. The van der Waals surface area contributed by atoms with Crippen molar-refractivity contribution in [3.63, 3.8) is 0 Å². The molecule has 2 aliphatic carbocycles. The van der Waals surface area contributed by atoms with Gasteiger partial charge in [-0.2, -0.15) is 22.7 Å². The highest BCUT2D eigenvalue weighted by atomic mass is 32.1. The third-order valence-corrected chi connectivity index (χ3v) is 8.25. The van der Waals surface area contributed by atoms with Crippen LogP contribution in [0.4, 0.5) is 0 Å². The van der Waals surface area contributed by atoms with Crippen molar-refractivity contribution in [3.05, 3.63) is 57.4 Å². The van der Waals surface area contributed by atoms with E-state index in [1.807, 2.05) is 0 Å². The lowest BCUT2D eigenvalue weighted by molar-refractivity contribution is -0.144. The molecule has 5 heteroatoms. The second kappa shape index (κ2) is 7.38. The van der Waals surface area contributed by atoms with Gasteiger partial charge >= 0.3 is 5.97 Å². The van der Waals surface area contributed by atoms with Crippen LogP contribution in [0.1, 0.15) is 18.4 Å². The highest BCUT2D eigenvalue weighted by Gasteiger charge is 2.36. The third-order valence-electron chi connectivity index (χ3n) is 5.61. The molecule has 1 fully saturated rings. The first kappa shape index (κ1) is 17.4. The second-order valence-corrected chi connectivity index (χ2v) is 10.0. The van der Waals surface area contributed by atoms with Crippen molar-refractivity contribution in [1.29, 1.82) is 0 Å². The fourth-order valence-corrected chi connectivity index (χ4v) is 6.86. The van der Waals surface area contributed by atoms with Crippen LogP contribution < -0.4 is 0 Å². The molecule has 0 N–H and O–H groups in total. The zero-order valence-electron chi connectivity index (χ0n) is 14.8. The van der Waals surface area contributed by atoms with E-state index in [4.69, 9.17) is 4.74 Å². The van der Waals surface area contributed by atoms with Gasteiger partial charge in [-0.1, -0.05) is 12.2 Å². The van der Waals surface area contributed by atoms with Crippen LogP contribution in [-0.2, 0) is 16.0 Å². The highest BCUT2D eigenvalue weighted by Crippen LogP contribution is 2.43. The van der Waals surface area contributed by atoms with Gasteiger partial charge in [-0.15, -0.1) is 11.3 Å². The Hall–Kier alpha value is -1.69. The van der Waals surface area contributed by atoms with E-state index in [-0.39, 0.29) is 5.97 Å². The third kappa shape index (κ3) is 3.56. The monoisotopic (exact) mass is 412 g/mol. The smallest absolute Gasteiger partial charge is 0.310 e. The van der Waals surface area contributed by atoms with Gasteiger partial charge in [-0.25, -0.2) is 0 Å². The maximum absolute atomic E-state index is 12.6. The summed E-state index contributed by atoms with van der Waals surface area (Å²) in [6.07, 6.45) is 7.41. The molecule has 3 aromatic heterocycles. The van der Waals surface area contributed by atoms with Gasteiger partial charge in [0.1, 0.15) is 0 Å². The van der Waals surface area contributed by atoms with Crippen molar-refractivity contribution in [2.45, 2.75) is 19.3 Å². The molecular weight excluding hydrogens is 392 g/mol. The number of thiophene rings is 3. The van der Waals surface area contributed by atoms with Crippen LogP contribution in [0.3, 0.4) is 0 Å². The van der Waals surface area contributed by atoms with E-state index in [0.717, 1.165) is 5.56 Å². The summed E-state index contributed by atoms with van der Waals surface area (Å²) >= 11 is 5.16. The molecule has 1 saturated carbocycles. The number of ether oxygens (including phenoxy) is 1. The van der Waals surface area contributed by atoms with E-state index in [2.05, 4.69) is 51.9 Å². The van der Waals surface area contributed by atoms with E-state index in [9.17, 15) is 4.79 Å². The fraction of sp³-hybridized carbons (Fsp3) is 0.318. The number of hydrogen-bond donors (Lipinski definition) is 0. The Morgan fingerprint density at radius 2 is 1.89 bits per heavy atom. The molecule has 0 aromatic carbocycles. The summed E-state index contributed by atoms with van der Waals surface area (Å²) in [5.41, 5.74) is 3.51. The molecule has 0 saturated heterocycles. The first-order chi connectivity index (χ1) is 13.3. The lowest BCUT2D eigenvalue weighted by Gasteiger charge is -2.17. The molecule has 3 heterocycles. The summed E-state index contributed by atoms with van der Waals surface area (Å²) in [7, 11) is 0. The summed E-state index contributed by atoms with van der Waals surface area (Å²) < 4.78 is 5.69. The summed E-state index contributed by atoms with van der Waals surface area (Å²) in [5.74, 6) is 1.75. The quantitative estimate of drug-likeness (QED) is 0.341. The first-order valence-electron chi connectivity index (χ1n) is 9.28. The summed E-state index contributed by atoms with van der Waals surface area (Å²) in [5, 5.41) is 8.49. The summed E-state index contributed by atoms with van der Waals surface area (Å²) in [6.45, 7) is 0.569. The zero-order chi connectivity index (χ0) is 18.2. The number of hydrogen-bond acceptors (Lipinski definition) is 5. The van der Waals surface area contributed by atoms with Crippen LogP contribution in [0.5, 0.6) is 0 Å². The molecule has 0 amide bonds. The van der Waals surface area contributed by atoms with E-state index in [1.54, 1.807) is 34.0 Å². The first-order valence-corrected chi connectivity index (χ1v) is 12.0. The standard InChI is InChI=1S/C22H20O2S3/c23-21(24-11-19-8-14-1-2-15(19)7-14)10-18-9-20(16-3-5-25-12-16)27-22(18)17-4-6-26-13-17/h1-6,9,12-15,19H,7-8,10-11H2. The van der Waals surface area contributed by atoms with Gasteiger partial charge in [0.15, 0.2) is 0 Å². The van der Waals surface area contributed by atoms with Gasteiger partial charge in [0.25, 0.3) is 0 Å². The number of carbonyl (C=O) groups excluding carboxylic acids is 1. The van der Waals surface area contributed by atoms with E-state index >= 15 is 0 Å². The minimum Gasteiger partial charge on any atom is -0.465 e. The molecule has 27 heavy (non-hydrogen) atoms. The molecule has 0 aliphatic heterocycles. The van der Waals surface area contributed by atoms with Crippen LogP contribution in [0.25, 0.3) is 20.9 Å². The van der Waals surface area contributed by atoms with Gasteiger partial charge in [0.05, 0.1) is 13.0 Å². The average Bonchev–Trinajstić information content (AvgIpc) is 3.49. The van der Waals surface area contributed by atoms with Gasteiger partial charge in [-0.3, -0.25) is 4.79 Å².